The molecule has 0 heterocycles. The number of methoxy groups -OCH3 is 1. The van der Waals surface area contributed by atoms with Gasteiger partial charge in [-0.05, 0) is 19.3 Å². The molecule has 0 aromatic rings. The summed E-state index contributed by atoms with van der Waals surface area (Å²) in [7, 11) is 1.34. The lowest BCUT2D eigenvalue weighted by Crippen LogP contribution is -2.44. The van der Waals surface area contributed by atoms with Crippen LogP contribution in [-0.4, -0.2) is 25.0 Å². The van der Waals surface area contributed by atoms with E-state index in [1.807, 2.05) is 6.92 Å². The summed E-state index contributed by atoms with van der Waals surface area (Å²) in [4.78, 5) is 23.2. The van der Waals surface area contributed by atoms with E-state index < -0.39 is 6.04 Å². The Hall–Kier alpha value is -1.06. The van der Waals surface area contributed by atoms with Crippen molar-refractivity contribution in [2.75, 3.05) is 7.11 Å². The zero-order valence-corrected chi connectivity index (χ0v) is 10.1. The van der Waals surface area contributed by atoms with E-state index in [1.54, 1.807) is 0 Å². The number of carbonyl (C=O) groups is 2. The third kappa shape index (κ3) is 3.51. The number of nitrogens with one attached hydrogen (secondary N) is 1. The summed E-state index contributed by atoms with van der Waals surface area (Å²) in [6.45, 7) is 1.86. The van der Waals surface area contributed by atoms with Crippen molar-refractivity contribution in [3.8, 4) is 0 Å². The lowest BCUT2D eigenvalue weighted by molar-refractivity contribution is -0.145. The summed E-state index contributed by atoms with van der Waals surface area (Å²) in [5.41, 5.74) is 0. The van der Waals surface area contributed by atoms with Crippen molar-refractivity contribution in [2.45, 2.75) is 51.5 Å². The van der Waals surface area contributed by atoms with Crippen LogP contribution in [-0.2, 0) is 14.3 Å². The van der Waals surface area contributed by atoms with Crippen molar-refractivity contribution < 1.29 is 14.3 Å². The quantitative estimate of drug-likeness (QED) is 0.743. The van der Waals surface area contributed by atoms with E-state index in [2.05, 4.69) is 10.1 Å². The number of hydrogen-bond acceptors (Lipinski definition) is 3. The fourth-order valence-electron chi connectivity index (χ4n) is 2.12. The summed E-state index contributed by atoms with van der Waals surface area (Å²) in [6, 6.07) is -0.487. The van der Waals surface area contributed by atoms with E-state index in [0.29, 0.717) is 6.42 Å². The lowest BCUT2D eigenvalue weighted by atomic mass is 9.88. The average Bonchev–Trinajstić information content (AvgIpc) is 2.35. The molecule has 1 aliphatic carbocycles. The zero-order chi connectivity index (χ0) is 12.0. The molecule has 16 heavy (non-hydrogen) atoms. The predicted octanol–water partition coefficient (Wildman–Crippen LogP) is 1.63. The first-order chi connectivity index (χ1) is 7.69. The van der Waals surface area contributed by atoms with E-state index >= 15 is 0 Å². The zero-order valence-electron chi connectivity index (χ0n) is 10.1. The molecule has 92 valence electrons. The van der Waals surface area contributed by atoms with Gasteiger partial charge in [-0.3, -0.25) is 4.79 Å². The van der Waals surface area contributed by atoms with E-state index in [4.69, 9.17) is 0 Å². The molecule has 1 N–H and O–H groups in total. The molecule has 0 radical (unpaired) electrons. The fraction of sp³-hybridized carbons (Fsp3) is 0.833. The maximum absolute atomic E-state index is 11.9. The molecule has 0 unspecified atom stereocenters. The van der Waals surface area contributed by atoms with Crippen molar-refractivity contribution in [3.63, 3.8) is 0 Å². The number of carbonyl (C=O) groups excluding carboxylic acids is 2. The number of hydrogen-bond donors (Lipinski definition) is 1. The van der Waals surface area contributed by atoms with E-state index in [1.165, 1.54) is 13.5 Å². The van der Waals surface area contributed by atoms with Crippen LogP contribution in [0.15, 0.2) is 0 Å². The Kier molecular flexibility index (Phi) is 5.29. The minimum Gasteiger partial charge on any atom is -0.467 e. The molecule has 1 saturated carbocycles. The predicted molar refractivity (Wildman–Crippen MR) is 60.8 cm³/mol. The molecule has 0 saturated heterocycles. The summed E-state index contributed by atoms with van der Waals surface area (Å²) in [6.07, 6.45) is 5.93. The molecule has 1 aliphatic rings. The van der Waals surface area contributed by atoms with Gasteiger partial charge in [0.2, 0.25) is 5.91 Å². The highest BCUT2D eigenvalue weighted by Crippen LogP contribution is 2.23. The van der Waals surface area contributed by atoms with Crippen molar-refractivity contribution in [1.82, 2.24) is 5.32 Å². The van der Waals surface area contributed by atoms with Crippen LogP contribution < -0.4 is 5.32 Å². The van der Waals surface area contributed by atoms with Gasteiger partial charge in [-0.2, -0.15) is 0 Å². The SMILES string of the molecule is CC[C@@H](NC(=O)C1CCCCC1)C(=O)OC. The first kappa shape index (κ1) is 13.0. The molecule has 0 bridgehead atoms. The van der Waals surface area contributed by atoms with Crippen LogP contribution >= 0.6 is 0 Å². The van der Waals surface area contributed by atoms with Crippen LogP contribution in [0.1, 0.15) is 45.4 Å². The molecule has 0 aromatic heterocycles. The van der Waals surface area contributed by atoms with Crippen molar-refractivity contribution in [1.29, 1.82) is 0 Å². The van der Waals surface area contributed by atoms with Gasteiger partial charge in [0.25, 0.3) is 0 Å². The highest BCUT2D eigenvalue weighted by Gasteiger charge is 2.25. The Balaban J connectivity index is 2.44. The fourth-order valence-corrected chi connectivity index (χ4v) is 2.12. The molecular formula is C12H21NO3. The van der Waals surface area contributed by atoms with Gasteiger partial charge in [-0.25, -0.2) is 4.79 Å². The number of esters is 1. The van der Waals surface area contributed by atoms with Gasteiger partial charge in [0.05, 0.1) is 7.11 Å². The first-order valence-electron chi connectivity index (χ1n) is 6.07. The minimum absolute atomic E-state index is 0.0111. The Morgan fingerprint density at radius 1 is 1.31 bits per heavy atom. The molecule has 4 heteroatoms. The number of amides is 1. The number of ether oxygens (including phenoxy) is 1. The molecule has 1 atom stereocenters. The molecule has 1 fully saturated rings. The third-order valence-electron chi connectivity index (χ3n) is 3.19. The van der Waals surface area contributed by atoms with Crippen LogP contribution in [0, 0.1) is 5.92 Å². The first-order valence-corrected chi connectivity index (χ1v) is 6.07. The van der Waals surface area contributed by atoms with Gasteiger partial charge < -0.3 is 10.1 Å². The lowest BCUT2D eigenvalue weighted by Gasteiger charge is -2.23. The smallest absolute Gasteiger partial charge is 0.328 e. The molecule has 0 spiro atoms. The molecule has 4 nitrogen and oxygen atoms in total. The second-order valence-corrected chi connectivity index (χ2v) is 4.33. The van der Waals surface area contributed by atoms with Crippen molar-refractivity contribution >= 4 is 11.9 Å². The van der Waals surface area contributed by atoms with Gasteiger partial charge in [0, 0.05) is 5.92 Å². The largest absolute Gasteiger partial charge is 0.467 e. The minimum atomic E-state index is -0.487. The Bertz CT molecular complexity index is 247. The van der Waals surface area contributed by atoms with Crippen LogP contribution in [0.25, 0.3) is 0 Å². The van der Waals surface area contributed by atoms with Crippen molar-refractivity contribution in [3.05, 3.63) is 0 Å². The number of rotatable bonds is 4. The summed E-state index contributed by atoms with van der Waals surface area (Å²) in [5.74, 6) is -0.254. The van der Waals surface area contributed by atoms with E-state index in [-0.39, 0.29) is 17.8 Å². The van der Waals surface area contributed by atoms with Gasteiger partial charge in [-0.15, -0.1) is 0 Å². The summed E-state index contributed by atoms with van der Waals surface area (Å²) >= 11 is 0. The normalized spacial score (nSPS) is 18.9. The standard InChI is InChI=1S/C12H21NO3/c1-3-10(12(15)16-2)13-11(14)9-7-5-4-6-8-9/h9-10H,3-8H2,1-2H3,(H,13,14)/t10-/m1/s1. The van der Waals surface area contributed by atoms with Gasteiger partial charge in [0.1, 0.15) is 6.04 Å². The van der Waals surface area contributed by atoms with Gasteiger partial charge in [0.15, 0.2) is 0 Å². The van der Waals surface area contributed by atoms with Crippen LogP contribution in [0.5, 0.6) is 0 Å². The Morgan fingerprint density at radius 2 is 1.94 bits per heavy atom. The van der Waals surface area contributed by atoms with Crippen molar-refractivity contribution in [2.24, 2.45) is 5.92 Å². The van der Waals surface area contributed by atoms with Crippen LogP contribution in [0.2, 0.25) is 0 Å². The molecule has 1 rings (SSSR count). The molecule has 1 amide bonds. The Morgan fingerprint density at radius 3 is 2.44 bits per heavy atom. The van der Waals surface area contributed by atoms with E-state index in [9.17, 15) is 9.59 Å². The topological polar surface area (TPSA) is 55.4 Å². The maximum atomic E-state index is 11.9. The van der Waals surface area contributed by atoms with Crippen LogP contribution in [0.3, 0.4) is 0 Å². The highest BCUT2D eigenvalue weighted by molar-refractivity contribution is 5.85. The monoisotopic (exact) mass is 227 g/mol. The van der Waals surface area contributed by atoms with E-state index in [0.717, 1.165) is 25.7 Å². The van der Waals surface area contributed by atoms with Gasteiger partial charge >= 0.3 is 5.97 Å². The summed E-state index contributed by atoms with van der Waals surface area (Å²) in [5, 5.41) is 2.77. The molecule has 0 aromatic carbocycles. The average molecular weight is 227 g/mol. The van der Waals surface area contributed by atoms with Gasteiger partial charge in [-0.1, -0.05) is 26.2 Å². The summed E-state index contributed by atoms with van der Waals surface area (Å²) < 4.78 is 4.64. The second kappa shape index (κ2) is 6.51. The van der Waals surface area contributed by atoms with Crippen LogP contribution in [0.4, 0.5) is 0 Å². The third-order valence-corrected chi connectivity index (χ3v) is 3.19. The molecule has 0 aliphatic heterocycles. The second-order valence-electron chi connectivity index (χ2n) is 4.33. The maximum Gasteiger partial charge on any atom is 0.328 e. The Labute approximate surface area is 96.7 Å². The molecular weight excluding hydrogens is 206 g/mol. The highest BCUT2D eigenvalue weighted by atomic mass is 16.5.